The second-order valence-corrected chi connectivity index (χ2v) is 4.78. The van der Waals surface area contributed by atoms with E-state index in [4.69, 9.17) is 4.74 Å². The molecule has 4 nitrogen and oxygen atoms in total. The lowest BCUT2D eigenvalue weighted by atomic mass is 10.00. The van der Waals surface area contributed by atoms with Gasteiger partial charge in [-0.25, -0.2) is 4.39 Å². The fourth-order valence-electron chi connectivity index (χ4n) is 2.34. The molecule has 1 amide bonds. The number of hydrogen-bond donors (Lipinski definition) is 1. The molecule has 0 spiro atoms. The molecule has 0 fully saturated rings. The Bertz CT molecular complexity index is 755. The fraction of sp³-hybridized carbons (Fsp3) is 0.125. The van der Waals surface area contributed by atoms with Crippen molar-refractivity contribution >= 4 is 17.4 Å². The smallest absolute Gasteiger partial charge is 0.228 e. The molecule has 1 aliphatic heterocycles. The van der Waals surface area contributed by atoms with Crippen LogP contribution in [0.4, 0.5) is 10.1 Å². The molecular formula is C16H12FNO3. The van der Waals surface area contributed by atoms with Crippen LogP contribution in [0, 0.1) is 5.82 Å². The first-order valence-corrected chi connectivity index (χ1v) is 6.39. The molecule has 106 valence electrons. The van der Waals surface area contributed by atoms with Gasteiger partial charge < -0.3 is 10.1 Å². The summed E-state index contributed by atoms with van der Waals surface area (Å²) in [5, 5.41) is 2.71. The number of carbonyl (C=O) groups is 2. The number of anilines is 1. The van der Waals surface area contributed by atoms with E-state index in [1.54, 1.807) is 18.2 Å². The standard InChI is InChI=1S/C16H12FNO3/c1-21-14-7-10(2-4-12(14)17)16(20)9-3-5-13-11(6-9)8-15(19)18-13/h2-7H,8H2,1H3,(H,18,19). The Morgan fingerprint density at radius 1 is 1.19 bits per heavy atom. The molecule has 1 heterocycles. The minimum atomic E-state index is -0.516. The van der Waals surface area contributed by atoms with Crippen molar-refractivity contribution in [1.82, 2.24) is 0 Å². The fourth-order valence-corrected chi connectivity index (χ4v) is 2.34. The zero-order valence-electron chi connectivity index (χ0n) is 11.3. The minimum absolute atomic E-state index is 0.0267. The van der Waals surface area contributed by atoms with Crippen molar-refractivity contribution in [3.63, 3.8) is 0 Å². The summed E-state index contributed by atoms with van der Waals surface area (Å²) in [5.74, 6) is -0.815. The molecular weight excluding hydrogens is 273 g/mol. The summed E-state index contributed by atoms with van der Waals surface area (Å²) in [6.45, 7) is 0. The third-order valence-corrected chi connectivity index (χ3v) is 3.41. The number of rotatable bonds is 3. The number of carbonyl (C=O) groups excluding carboxylic acids is 2. The van der Waals surface area contributed by atoms with Gasteiger partial charge in [0.1, 0.15) is 0 Å². The second kappa shape index (κ2) is 5.01. The third kappa shape index (κ3) is 2.38. The van der Waals surface area contributed by atoms with E-state index in [-0.39, 0.29) is 23.9 Å². The molecule has 21 heavy (non-hydrogen) atoms. The summed E-state index contributed by atoms with van der Waals surface area (Å²) in [4.78, 5) is 23.7. The Balaban J connectivity index is 1.96. The maximum absolute atomic E-state index is 13.4. The monoisotopic (exact) mass is 285 g/mol. The van der Waals surface area contributed by atoms with Crippen molar-refractivity contribution in [2.24, 2.45) is 0 Å². The second-order valence-electron chi connectivity index (χ2n) is 4.78. The molecule has 0 unspecified atom stereocenters. The summed E-state index contributed by atoms with van der Waals surface area (Å²) in [7, 11) is 1.35. The van der Waals surface area contributed by atoms with E-state index in [9.17, 15) is 14.0 Å². The molecule has 0 saturated carbocycles. The van der Waals surface area contributed by atoms with Crippen LogP contribution in [0.1, 0.15) is 21.5 Å². The maximum atomic E-state index is 13.4. The first kappa shape index (κ1) is 13.3. The highest BCUT2D eigenvalue weighted by atomic mass is 19.1. The first-order chi connectivity index (χ1) is 10.1. The number of amides is 1. The van der Waals surface area contributed by atoms with Gasteiger partial charge in [-0.05, 0) is 42.0 Å². The van der Waals surface area contributed by atoms with Gasteiger partial charge in [-0.15, -0.1) is 0 Å². The molecule has 0 aromatic heterocycles. The summed E-state index contributed by atoms with van der Waals surface area (Å²) in [5.41, 5.74) is 2.32. The van der Waals surface area contributed by atoms with E-state index in [0.29, 0.717) is 11.1 Å². The number of ether oxygens (including phenoxy) is 1. The van der Waals surface area contributed by atoms with Crippen molar-refractivity contribution in [1.29, 1.82) is 0 Å². The van der Waals surface area contributed by atoms with E-state index < -0.39 is 5.82 Å². The van der Waals surface area contributed by atoms with Gasteiger partial charge >= 0.3 is 0 Å². The summed E-state index contributed by atoms with van der Waals surface area (Å²) < 4.78 is 18.3. The number of halogens is 1. The van der Waals surface area contributed by atoms with Gasteiger partial charge in [0.05, 0.1) is 13.5 Å². The molecule has 2 aromatic carbocycles. The summed E-state index contributed by atoms with van der Waals surface area (Å²) in [6.07, 6.45) is 0.267. The average molecular weight is 285 g/mol. The van der Waals surface area contributed by atoms with Crippen LogP contribution in [0.15, 0.2) is 36.4 Å². The number of hydrogen-bond acceptors (Lipinski definition) is 3. The molecule has 0 aliphatic carbocycles. The Morgan fingerprint density at radius 3 is 2.67 bits per heavy atom. The lowest BCUT2D eigenvalue weighted by molar-refractivity contribution is -0.115. The molecule has 2 aromatic rings. The van der Waals surface area contributed by atoms with Crippen molar-refractivity contribution in [3.05, 3.63) is 58.9 Å². The molecule has 0 radical (unpaired) electrons. The van der Waals surface area contributed by atoms with Gasteiger partial charge in [0, 0.05) is 16.8 Å². The highest BCUT2D eigenvalue weighted by Gasteiger charge is 2.20. The lowest BCUT2D eigenvalue weighted by Crippen LogP contribution is -2.03. The molecule has 1 aliphatic rings. The maximum Gasteiger partial charge on any atom is 0.228 e. The third-order valence-electron chi connectivity index (χ3n) is 3.41. The van der Waals surface area contributed by atoms with Gasteiger partial charge in [0.25, 0.3) is 0 Å². The Kier molecular flexibility index (Phi) is 3.17. The van der Waals surface area contributed by atoms with Gasteiger partial charge in [-0.2, -0.15) is 0 Å². The van der Waals surface area contributed by atoms with Crippen molar-refractivity contribution in [2.45, 2.75) is 6.42 Å². The van der Waals surface area contributed by atoms with E-state index in [2.05, 4.69) is 5.32 Å². The minimum Gasteiger partial charge on any atom is -0.494 e. The molecule has 0 saturated heterocycles. The summed E-state index contributed by atoms with van der Waals surface area (Å²) in [6, 6.07) is 9.01. The topological polar surface area (TPSA) is 55.4 Å². The Morgan fingerprint density at radius 2 is 1.90 bits per heavy atom. The average Bonchev–Trinajstić information content (AvgIpc) is 2.86. The van der Waals surface area contributed by atoms with Crippen molar-refractivity contribution in [3.8, 4) is 5.75 Å². The SMILES string of the molecule is COc1cc(C(=O)c2ccc3c(c2)CC(=O)N3)ccc1F. The highest BCUT2D eigenvalue weighted by molar-refractivity contribution is 6.10. The van der Waals surface area contributed by atoms with Crippen LogP contribution < -0.4 is 10.1 Å². The predicted octanol–water partition coefficient (Wildman–Crippen LogP) is 2.56. The number of fused-ring (bicyclic) bond motifs is 1. The largest absolute Gasteiger partial charge is 0.494 e. The Hall–Kier alpha value is -2.69. The number of nitrogens with one attached hydrogen (secondary N) is 1. The van der Waals surface area contributed by atoms with Crippen LogP contribution in [-0.4, -0.2) is 18.8 Å². The molecule has 0 atom stereocenters. The van der Waals surface area contributed by atoms with Gasteiger partial charge in [0.2, 0.25) is 5.91 Å². The Labute approximate surface area is 120 Å². The van der Waals surface area contributed by atoms with Crippen LogP contribution in [0.2, 0.25) is 0 Å². The van der Waals surface area contributed by atoms with Crippen LogP contribution in [0.5, 0.6) is 5.75 Å². The lowest BCUT2D eigenvalue weighted by Gasteiger charge is -2.06. The van der Waals surface area contributed by atoms with E-state index in [1.165, 1.54) is 25.3 Å². The molecule has 1 N–H and O–H groups in total. The zero-order valence-corrected chi connectivity index (χ0v) is 11.3. The number of methoxy groups -OCH3 is 1. The number of ketones is 1. The predicted molar refractivity (Wildman–Crippen MR) is 75.2 cm³/mol. The number of benzene rings is 2. The van der Waals surface area contributed by atoms with Crippen LogP contribution in [0.3, 0.4) is 0 Å². The van der Waals surface area contributed by atoms with Gasteiger partial charge in [-0.1, -0.05) is 0 Å². The van der Waals surface area contributed by atoms with Gasteiger partial charge in [-0.3, -0.25) is 9.59 Å². The van der Waals surface area contributed by atoms with E-state index in [1.807, 2.05) is 0 Å². The van der Waals surface area contributed by atoms with E-state index in [0.717, 1.165) is 11.3 Å². The van der Waals surface area contributed by atoms with Crippen LogP contribution in [0.25, 0.3) is 0 Å². The quantitative estimate of drug-likeness (QED) is 0.882. The molecule has 5 heteroatoms. The van der Waals surface area contributed by atoms with Gasteiger partial charge in [0.15, 0.2) is 17.3 Å². The molecule has 3 rings (SSSR count). The highest BCUT2D eigenvalue weighted by Crippen LogP contribution is 2.26. The molecule has 0 bridgehead atoms. The van der Waals surface area contributed by atoms with E-state index >= 15 is 0 Å². The summed E-state index contributed by atoms with van der Waals surface area (Å²) >= 11 is 0. The van der Waals surface area contributed by atoms with Crippen LogP contribution >= 0.6 is 0 Å². The van der Waals surface area contributed by atoms with Crippen molar-refractivity contribution in [2.75, 3.05) is 12.4 Å². The van der Waals surface area contributed by atoms with Crippen molar-refractivity contribution < 1.29 is 18.7 Å². The first-order valence-electron chi connectivity index (χ1n) is 6.39. The van der Waals surface area contributed by atoms with Crippen LogP contribution in [-0.2, 0) is 11.2 Å². The normalized spacial score (nSPS) is 12.8. The zero-order chi connectivity index (χ0) is 15.0.